The summed E-state index contributed by atoms with van der Waals surface area (Å²) in [5.41, 5.74) is -2.61. The highest BCUT2D eigenvalue weighted by atomic mass is 16.5. The lowest BCUT2D eigenvalue weighted by Gasteiger charge is -2.60. The third kappa shape index (κ3) is 3.22. The first-order chi connectivity index (χ1) is 16.4. The number of carbonyl (C=O) groups excluding carboxylic acids is 3. The molecule has 2 fully saturated rings. The molecule has 2 bridgehead atoms. The van der Waals surface area contributed by atoms with Gasteiger partial charge in [0.25, 0.3) is 0 Å². The monoisotopic (exact) mass is 462 g/mol. The van der Waals surface area contributed by atoms with Gasteiger partial charge in [0, 0.05) is 25.5 Å². The second kappa shape index (κ2) is 8.97. The van der Waals surface area contributed by atoms with Crippen LogP contribution in [0, 0.1) is 23.2 Å². The van der Waals surface area contributed by atoms with Crippen LogP contribution in [0.25, 0.3) is 0 Å². The summed E-state index contributed by atoms with van der Waals surface area (Å²) < 4.78 is 10.4. The summed E-state index contributed by atoms with van der Waals surface area (Å²) in [6.45, 7) is 0.0694. The Morgan fingerprint density at radius 2 is 1.47 bits per heavy atom. The maximum Gasteiger partial charge on any atom is 0.322 e. The molecule has 2 unspecified atom stereocenters. The van der Waals surface area contributed by atoms with Crippen molar-refractivity contribution < 1.29 is 23.9 Å². The number of likely N-dealkylation sites (tertiary alicyclic amines) is 2. The zero-order chi connectivity index (χ0) is 24.5. The average Bonchev–Trinajstić information content (AvgIpc) is 2.86. The molecule has 0 spiro atoms. The van der Waals surface area contributed by atoms with Crippen molar-refractivity contribution in [3.8, 4) is 12.3 Å². The van der Waals surface area contributed by atoms with Crippen LogP contribution >= 0.6 is 0 Å². The Bertz CT molecular complexity index is 1060. The zero-order valence-electron chi connectivity index (χ0n) is 19.3. The van der Waals surface area contributed by atoms with Gasteiger partial charge in [0.15, 0.2) is 16.6 Å². The summed E-state index contributed by atoms with van der Waals surface area (Å²) in [4.78, 5) is 54.2. The van der Waals surface area contributed by atoms with Gasteiger partial charge < -0.3 is 14.4 Å². The molecule has 9 heteroatoms. The smallest absolute Gasteiger partial charge is 0.322 e. The van der Waals surface area contributed by atoms with Gasteiger partial charge in [0.05, 0.1) is 44.2 Å². The van der Waals surface area contributed by atoms with Gasteiger partial charge in [0.1, 0.15) is 0 Å². The number of carbonyl (C=O) groups is 3. The minimum atomic E-state index is -1.77. The number of hydrogen-bond acceptors (Lipinski definition) is 9. The van der Waals surface area contributed by atoms with Crippen LogP contribution in [0.5, 0.6) is 0 Å². The Morgan fingerprint density at radius 3 is 1.82 bits per heavy atom. The molecule has 2 aromatic rings. The molecule has 0 amide bonds. The predicted octanol–water partition coefficient (Wildman–Crippen LogP) is 1.04. The molecule has 0 saturated carbocycles. The van der Waals surface area contributed by atoms with Crippen molar-refractivity contribution in [2.45, 2.75) is 12.1 Å². The average molecular weight is 463 g/mol. The molecular weight excluding hydrogens is 436 g/mol. The molecule has 176 valence electrons. The highest BCUT2D eigenvalue weighted by molar-refractivity contribution is 6.17. The summed E-state index contributed by atoms with van der Waals surface area (Å²) in [5, 5.41) is 0. The molecular formula is C25H26N4O5. The van der Waals surface area contributed by atoms with Crippen molar-refractivity contribution in [2.75, 3.05) is 40.9 Å². The minimum Gasteiger partial charge on any atom is -0.468 e. The third-order valence-corrected chi connectivity index (χ3v) is 6.75. The highest BCUT2D eigenvalue weighted by Gasteiger charge is 2.75. The number of hydrogen-bond donors (Lipinski definition) is 0. The van der Waals surface area contributed by atoms with Gasteiger partial charge in [-0.15, -0.1) is 6.42 Å². The van der Waals surface area contributed by atoms with Gasteiger partial charge in [-0.2, -0.15) is 0 Å². The van der Waals surface area contributed by atoms with Crippen LogP contribution in [-0.2, 0) is 23.9 Å². The van der Waals surface area contributed by atoms with Crippen LogP contribution in [0.3, 0.4) is 0 Å². The first-order valence-electron chi connectivity index (χ1n) is 10.8. The number of ketones is 1. The van der Waals surface area contributed by atoms with Crippen molar-refractivity contribution in [3.05, 3.63) is 60.2 Å². The van der Waals surface area contributed by atoms with E-state index in [-0.39, 0.29) is 19.6 Å². The number of Topliss-reactive ketones (excluding diaryl/α,β-unsaturated/α-hetero) is 1. The Labute approximate surface area is 198 Å². The molecule has 4 heterocycles. The van der Waals surface area contributed by atoms with E-state index in [2.05, 4.69) is 15.9 Å². The predicted molar refractivity (Wildman–Crippen MR) is 121 cm³/mol. The van der Waals surface area contributed by atoms with Crippen LogP contribution in [-0.4, -0.2) is 78.4 Å². The van der Waals surface area contributed by atoms with Gasteiger partial charge in [-0.25, -0.2) is 0 Å². The van der Waals surface area contributed by atoms with Crippen LogP contribution in [0.2, 0.25) is 0 Å². The number of terminal acetylenes is 1. The van der Waals surface area contributed by atoms with Gasteiger partial charge in [-0.05, 0) is 31.3 Å². The van der Waals surface area contributed by atoms with Crippen molar-refractivity contribution in [1.29, 1.82) is 0 Å². The van der Waals surface area contributed by atoms with E-state index >= 15 is 0 Å². The van der Waals surface area contributed by atoms with E-state index in [1.807, 2.05) is 0 Å². The molecule has 2 aromatic heterocycles. The van der Waals surface area contributed by atoms with Crippen LogP contribution in [0.15, 0.2) is 48.8 Å². The van der Waals surface area contributed by atoms with Crippen LogP contribution in [0.1, 0.15) is 23.5 Å². The number of piperidine rings is 2. The SMILES string of the molecule is C#CCN1[C@@H](c2ccccn2)C2(C(=O)OC)CN(C)CC(C(=O)OC)(C2=O)[C@H]1c1ccccn1. The maximum atomic E-state index is 14.6. The molecule has 0 aromatic carbocycles. The summed E-state index contributed by atoms with van der Waals surface area (Å²) >= 11 is 0. The maximum absolute atomic E-state index is 14.6. The van der Waals surface area contributed by atoms with Gasteiger partial charge >= 0.3 is 11.9 Å². The summed E-state index contributed by atoms with van der Waals surface area (Å²) in [7, 11) is 4.21. The van der Waals surface area contributed by atoms with Crippen molar-refractivity contribution in [2.24, 2.45) is 10.8 Å². The zero-order valence-corrected chi connectivity index (χ0v) is 19.3. The number of fused-ring (bicyclic) bond motifs is 2. The second-order valence-corrected chi connectivity index (χ2v) is 8.62. The number of nitrogens with zero attached hydrogens (tertiary/aromatic N) is 4. The largest absolute Gasteiger partial charge is 0.468 e. The molecule has 0 N–H and O–H groups in total. The third-order valence-electron chi connectivity index (χ3n) is 6.75. The Morgan fingerprint density at radius 1 is 1.00 bits per heavy atom. The van der Waals surface area contributed by atoms with E-state index < -0.39 is 40.6 Å². The van der Waals surface area contributed by atoms with E-state index in [4.69, 9.17) is 15.9 Å². The van der Waals surface area contributed by atoms with Gasteiger partial charge in [-0.1, -0.05) is 18.1 Å². The molecule has 2 aliphatic rings. The first-order valence-corrected chi connectivity index (χ1v) is 10.8. The Hall–Kier alpha value is -3.61. The summed E-state index contributed by atoms with van der Waals surface area (Å²) in [5.74, 6) is 0.559. The number of aromatic nitrogens is 2. The number of ether oxygens (including phenoxy) is 2. The fourth-order valence-electron chi connectivity index (χ4n) is 5.70. The van der Waals surface area contributed by atoms with E-state index in [9.17, 15) is 14.4 Å². The minimum absolute atomic E-state index is 0.0223. The molecule has 2 saturated heterocycles. The van der Waals surface area contributed by atoms with E-state index in [1.165, 1.54) is 14.2 Å². The highest BCUT2D eigenvalue weighted by Crippen LogP contribution is 2.60. The lowest BCUT2D eigenvalue weighted by molar-refractivity contribution is -0.203. The lowest BCUT2D eigenvalue weighted by atomic mass is 9.54. The quantitative estimate of drug-likeness (QED) is 0.366. The molecule has 4 rings (SSSR count). The normalized spacial score (nSPS) is 29.2. The number of methoxy groups -OCH3 is 2. The van der Waals surface area contributed by atoms with E-state index in [1.54, 1.807) is 65.6 Å². The fraction of sp³-hybridized carbons (Fsp3) is 0.400. The Balaban J connectivity index is 2.12. The Kier molecular flexibility index (Phi) is 6.21. The summed E-state index contributed by atoms with van der Waals surface area (Å²) in [6.07, 6.45) is 8.97. The fourth-order valence-corrected chi connectivity index (χ4v) is 5.70. The molecule has 2 aliphatic heterocycles. The van der Waals surface area contributed by atoms with Gasteiger partial charge in [0.2, 0.25) is 0 Å². The standard InChI is InChI=1S/C25H26N4O5/c1-5-14-29-19(17-10-6-8-12-26-17)24(22(31)33-3)15-28(2)16-25(21(24)30,23(32)34-4)20(29)18-11-7-9-13-27-18/h1,6-13,19-20H,14-16H2,2-4H3/t19-,20+,24?,25?. The second-order valence-electron chi connectivity index (χ2n) is 8.62. The van der Waals surface area contributed by atoms with E-state index in [0.29, 0.717) is 11.4 Å². The number of esters is 2. The molecule has 0 aliphatic carbocycles. The lowest BCUT2D eigenvalue weighted by Crippen LogP contribution is -2.75. The topological polar surface area (TPSA) is 102 Å². The first kappa shape index (κ1) is 23.5. The van der Waals surface area contributed by atoms with E-state index in [0.717, 1.165) is 0 Å². The summed E-state index contributed by atoms with van der Waals surface area (Å²) in [6, 6.07) is 8.70. The van der Waals surface area contributed by atoms with Gasteiger partial charge in [-0.3, -0.25) is 29.3 Å². The molecule has 0 radical (unpaired) electrons. The van der Waals surface area contributed by atoms with Crippen molar-refractivity contribution >= 4 is 17.7 Å². The molecule has 9 nitrogen and oxygen atoms in total. The molecule has 4 atom stereocenters. The van der Waals surface area contributed by atoms with Crippen molar-refractivity contribution in [1.82, 2.24) is 19.8 Å². The van der Waals surface area contributed by atoms with Crippen LogP contribution in [0.4, 0.5) is 0 Å². The van der Waals surface area contributed by atoms with Crippen LogP contribution < -0.4 is 0 Å². The number of pyridine rings is 2. The molecule has 34 heavy (non-hydrogen) atoms. The number of rotatable bonds is 5. The van der Waals surface area contributed by atoms with Crippen molar-refractivity contribution in [3.63, 3.8) is 0 Å².